The molecular weight excluding hydrogens is 507 g/mol. The molecule has 1 amide bonds. The largest absolute Gasteiger partial charge is 0.497 e. The van der Waals surface area contributed by atoms with Crippen molar-refractivity contribution in [3.8, 4) is 11.5 Å². The minimum absolute atomic E-state index is 0. The van der Waals surface area contributed by atoms with Crippen LogP contribution in [0.3, 0.4) is 0 Å². The Kier molecular flexibility index (Phi) is 9.90. The molecule has 0 aromatic heterocycles. The summed E-state index contributed by atoms with van der Waals surface area (Å²) in [7, 11) is 5.03. The molecule has 1 aliphatic rings. The average molecular weight is 538 g/mol. The second-order valence-corrected chi connectivity index (χ2v) is 7.20. The third kappa shape index (κ3) is 7.02. The summed E-state index contributed by atoms with van der Waals surface area (Å²) in [5, 5.41) is 6.65. The lowest BCUT2D eigenvalue weighted by molar-refractivity contribution is -0.128. The molecule has 2 N–H and O–H groups in total. The Bertz CT molecular complexity index is 904. The molecule has 1 saturated heterocycles. The van der Waals surface area contributed by atoms with Crippen LogP contribution in [0, 0.1) is 0 Å². The number of benzene rings is 2. The molecule has 1 heterocycles. The smallest absolute Gasteiger partial charge is 0.222 e. The first kappa shape index (κ1) is 24.8. The number of nitrogens with zero attached hydrogens (tertiary/aromatic N) is 2. The number of methoxy groups -OCH3 is 2. The maximum Gasteiger partial charge on any atom is 0.222 e. The van der Waals surface area contributed by atoms with Crippen molar-refractivity contribution in [3.05, 3.63) is 59.2 Å². The van der Waals surface area contributed by atoms with Crippen LogP contribution in [0.15, 0.2) is 47.5 Å². The zero-order valence-corrected chi connectivity index (χ0v) is 20.6. The fourth-order valence-electron chi connectivity index (χ4n) is 3.51. The average Bonchev–Trinajstić information content (AvgIpc) is 3.18. The molecule has 8 heteroatoms. The Morgan fingerprint density at radius 1 is 1.06 bits per heavy atom. The van der Waals surface area contributed by atoms with Gasteiger partial charge in [-0.3, -0.25) is 9.79 Å². The van der Waals surface area contributed by atoms with Crippen LogP contribution in [-0.4, -0.2) is 44.6 Å². The molecule has 31 heavy (non-hydrogen) atoms. The second kappa shape index (κ2) is 12.4. The number of hydrogen-bond donors (Lipinski definition) is 2. The third-order valence-corrected chi connectivity index (χ3v) is 5.16. The first-order valence-electron chi connectivity index (χ1n) is 10.1. The van der Waals surface area contributed by atoms with Crippen LogP contribution in [0.2, 0.25) is 0 Å². The van der Waals surface area contributed by atoms with Crippen molar-refractivity contribution in [2.24, 2.45) is 4.99 Å². The van der Waals surface area contributed by atoms with Gasteiger partial charge in [0.25, 0.3) is 0 Å². The van der Waals surface area contributed by atoms with Crippen LogP contribution in [0.1, 0.15) is 29.5 Å². The molecule has 0 atom stereocenters. The molecule has 3 rings (SSSR count). The highest BCUT2D eigenvalue weighted by atomic mass is 127. The Balaban J connectivity index is 0.00000341. The van der Waals surface area contributed by atoms with Gasteiger partial charge >= 0.3 is 0 Å². The minimum Gasteiger partial charge on any atom is -0.497 e. The van der Waals surface area contributed by atoms with Crippen molar-refractivity contribution in [1.29, 1.82) is 0 Å². The van der Waals surface area contributed by atoms with Gasteiger partial charge in [-0.25, -0.2) is 0 Å². The standard InChI is InChI=1S/C23H30N4O3.HI/c1-24-23(26-15-19-9-10-20(29-2)13-21(19)30-3)25-14-17-6-4-7-18(12-17)16-27-11-5-8-22(27)28;/h4,6-7,9-10,12-13H,5,8,11,14-16H2,1-3H3,(H2,24,25,26);1H. The van der Waals surface area contributed by atoms with Gasteiger partial charge in [-0.15, -0.1) is 24.0 Å². The van der Waals surface area contributed by atoms with Crippen LogP contribution in [-0.2, 0) is 24.4 Å². The molecule has 0 unspecified atom stereocenters. The molecule has 0 radical (unpaired) electrons. The number of carbonyl (C=O) groups is 1. The van der Waals surface area contributed by atoms with Gasteiger partial charge < -0.3 is 25.0 Å². The molecule has 0 spiro atoms. The first-order valence-corrected chi connectivity index (χ1v) is 10.1. The van der Waals surface area contributed by atoms with Crippen LogP contribution < -0.4 is 20.1 Å². The molecule has 7 nitrogen and oxygen atoms in total. The number of hydrogen-bond acceptors (Lipinski definition) is 4. The van der Waals surface area contributed by atoms with E-state index in [0.717, 1.165) is 41.2 Å². The van der Waals surface area contributed by atoms with E-state index in [0.29, 0.717) is 32.0 Å². The fraction of sp³-hybridized carbons (Fsp3) is 0.391. The normalized spacial score (nSPS) is 13.6. The number of guanidine groups is 1. The van der Waals surface area contributed by atoms with E-state index >= 15 is 0 Å². The number of halogens is 1. The number of ether oxygens (including phenoxy) is 2. The highest BCUT2D eigenvalue weighted by molar-refractivity contribution is 14.0. The summed E-state index contributed by atoms with van der Waals surface area (Å²) in [6, 6.07) is 14.1. The lowest BCUT2D eigenvalue weighted by atomic mass is 10.1. The van der Waals surface area contributed by atoms with E-state index < -0.39 is 0 Å². The molecular formula is C23H31IN4O3. The summed E-state index contributed by atoms with van der Waals surface area (Å²) >= 11 is 0. The van der Waals surface area contributed by atoms with Crippen molar-refractivity contribution in [2.45, 2.75) is 32.5 Å². The summed E-state index contributed by atoms with van der Waals surface area (Å²) in [5.74, 6) is 2.47. The van der Waals surface area contributed by atoms with Crippen LogP contribution >= 0.6 is 24.0 Å². The van der Waals surface area contributed by atoms with Gasteiger partial charge in [-0.05, 0) is 29.7 Å². The summed E-state index contributed by atoms with van der Waals surface area (Å²) in [6.07, 6.45) is 1.63. The summed E-state index contributed by atoms with van der Waals surface area (Å²) in [5.41, 5.74) is 3.30. The fourth-order valence-corrected chi connectivity index (χ4v) is 3.51. The molecule has 168 valence electrons. The SMILES string of the molecule is CN=C(NCc1cccc(CN2CCCC2=O)c1)NCc1ccc(OC)cc1OC.I. The quantitative estimate of drug-likeness (QED) is 0.307. The Labute approximate surface area is 201 Å². The van der Waals surface area contributed by atoms with Gasteiger partial charge in [0.05, 0.1) is 14.2 Å². The third-order valence-electron chi connectivity index (χ3n) is 5.16. The van der Waals surface area contributed by atoms with Crippen molar-refractivity contribution in [1.82, 2.24) is 15.5 Å². The number of rotatable bonds is 8. The topological polar surface area (TPSA) is 75.2 Å². The summed E-state index contributed by atoms with van der Waals surface area (Å²) in [6.45, 7) is 2.74. The number of likely N-dealkylation sites (tertiary alicyclic amines) is 1. The molecule has 2 aromatic rings. The van der Waals surface area contributed by atoms with Crippen molar-refractivity contribution >= 4 is 35.8 Å². The maximum atomic E-state index is 11.9. The lowest BCUT2D eigenvalue weighted by Gasteiger charge is -2.17. The van der Waals surface area contributed by atoms with Crippen LogP contribution in [0.5, 0.6) is 11.5 Å². The molecule has 0 bridgehead atoms. The first-order chi connectivity index (χ1) is 14.6. The van der Waals surface area contributed by atoms with Gasteiger partial charge in [-0.1, -0.05) is 24.3 Å². The van der Waals surface area contributed by atoms with E-state index in [1.165, 1.54) is 0 Å². The zero-order chi connectivity index (χ0) is 21.3. The predicted octanol–water partition coefficient (Wildman–Crippen LogP) is 3.31. The number of carbonyl (C=O) groups excluding carboxylic acids is 1. The van der Waals surface area contributed by atoms with Gasteiger partial charge in [-0.2, -0.15) is 0 Å². The van der Waals surface area contributed by atoms with E-state index in [1.807, 2.05) is 29.2 Å². The molecule has 1 aliphatic heterocycles. The Morgan fingerprint density at radius 3 is 2.52 bits per heavy atom. The van der Waals surface area contributed by atoms with E-state index in [4.69, 9.17) is 9.47 Å². The maximum absolute atomic E-state index is 11.9. The van der Waals surface area contributed by atoms with Gasteiger partial charge in [0, 0.05) is 51.3 Å². The number of amides is 1. The van der Waals surface area contributed by atoms with Crippen LogP contribution in [0.4, 0.5) is 0 Å². The zero-order valence-electron chi connectivity index (χ0n) is 18.3. The van der Waals surface area contributed by atoms with Crippen molar-refractivity contribution in [3.63, 3.8) is 0 Å². The lowest BCUT2D eigenvalue weighted by Crippen LogP contribution is -2.36. The van der Waals surface area contributed by atoms with E-state index in [-0.39, 0.29) is 29.9 Å². The van der Waals surface area contributed by atoms with E-state index in [1.54, 1.807) is 21.3 Å². The Morgan fingerprint density at radius 2 is 1.84 bits per heavy atom. The van der Waals surface area contributed by atoms with Crippen molar-refractivity contribution in [2.75, 3.05) is 27.8 Å². The highest BCUT2D eigenvalue weighted by Crippen LogP contribution is 2.24. The number of aliphatic imine (C=N–C) groups is 1. The van der Waals surface area contributed by atoms with Crippen molar-refractivity contribution < 1.29 is 14.3 Å². The van der Waals surface area contributed by atoms with Gasteiger partial charge in [0.15, 0.2) is 5.96 Å². The summed E-state index contributed by atoms with van der Waals surface area (Å²) in [4.78, 5) is 18.1. The van der Waals surface area contributed by atoms with Gasteiger partial charge in [0.2, 0.25) is 5.91 Å². The minimum atomic E-state index is 0. The molecule has 0 saturated carbocycles. The van der Waals surface area contributed by atoms with E-state index in [9.17, 15) is 4.79 Å². The molecule has 0 aliphatic carbocycles. The monoisotopic (exact) mass is 538 g/mol. The summed E-state index contributed by atoms with van der Waals surface area (Å²) < 4.78 is 10.7. The second-order valence-electron chi connectivity index (χ2n) is 7.20. The molecule has 1 fully saturated rings. The predicted molar refractivity (Wildman–Crippen MR) is 133 cm³/mol. The van der Waals surface area contributed by atoms with E-state index in [2.05, 4.69) is 33.8 Å². The molecule has 2 aromatic carbocycles. The Hall–Kier alpha value is -2.49. The number of nitrogens with one attached hydrogen (secondary N) is 2. The van der Waals surface area contributed by atoms with Gasteiger partial charge in [0.1, 0.15) is 11.5 Å². The highest BCUT2D eigenvalue weighted by Gasteiger charge is 2.19. The van der Waals surface area contributed by atoms with Crippen LogP contribution in [0.25, 0.3) is 0 Å².